The van der Waals surface area contributed by atoms with Crippen LogP contribution in [0.1, 0.15) is 17.3 Å². The van der Waals surface area contributed by atoms with Gasteiger partial charge in [0.1, 0.15) is 0 Å². The number of ether oxygens (including phenoxy) is 1. The Bertz CT molecular complexity index is 614. The standard InChI is InChI=1S/C13H11N2O2/c1-2-17-13(16)11-7-9-5-3-4-6-10(9)8-12(11)15-14/h3-8H,2H2,1H3/q+1. The summed E-state index contributed by atoms with van der Waals surface area (Å²) in [6.07, 6.45) is 0. The van der Waals surface area contributed by atoms with Crippen LogP contribution >= 0.6 is 0 Å². The maximum absolute atomic E-state index is 11.7. The van der Waals surface area contributed by atoms with Gasteiger partial charge in [0.2, 0.25) is 5.39 Å². The first-order valence-corrected chi connectivity index (χ1v) is 5.31. The molecule has 2 aromatic rings. The highest BCUT2D eigenvalue weighted by Gasteiger charge is 2.22. The molecule has 0 saturated heterocycles. The summed E-state index contributed by atoms with van der Waals surface area (Å²) in [5, 5.41) is 10.7. The molecule has 4 heteroatoms. The maximum atomic E-state index is 11.7. The van der Waals surface area contributed by atoms with E-state index in [4.69, 9.17) is 10.1 Å². The van der Waals surface area contributed by atoms with E-state index in [-0.39, 0.29) is 17.9 Å². The van der Waals surface area contributed by atoms with E-state index in [1.54, 1.807) is 19.1 Å². The van der Waals surface area contributed by atoms with Gasteiger partial charge in [-0.3, -0.25) is 0 Å². The van der Waals surface area contributed by atoms with E-state index in [0.717, 1.165) is 10.8 Å². The molecule has 0 N–H and O–H groups in total. The van der Waals surface area contributed by atoms with Gasteiger partial charge in [0.05, 0.1) is 6.61 Å². The van der Waals surface area contributed by atoms with Gasteiger partial charge in [0.25, 0.3) is 0 Å². The molecule has 0 aliphatic rings. The van der Waals surface area contributed by atoms with Crippen LogP contribution < -0.4 is 0 Å². The van der Waals surface area contributed by atoms with E-state index in [2.05, 4.69) is 4.98 Å². The Morgan fingerprint density at radius 3 is 2.53 bits per heavy atom. The van der Waals surface area contributed by atoms with Gasteiger partial charge in [-0.25, -0.2) is 4.79 Å². The van der Waals surface area contributed by atoms with Gasteiger partial charge in [-0.1, -0.05) is 24.3 Å². The van der Waals surface area contributed by atoms with Crippen LogP contribution in [0.15, 0.2) is 36.4 Å². The van der Waals surface area contributed by atoms with Gasteiger partial charge in [-0.05, 0) is 23.8 Å². The largest absolute Gasteiger partial charge is 0.462 e. The van der Waals surface area contributed by atoms with Crippen molar-refractivity contribution in [3.8, 4) is 0 Å². The molecule has 0 radical (unpaired) electrons. The molecule has 0 aromatic heterocycles. The average molecular weight is 227 g/mol. The normalized spacial score (nSPS) is 9.88. The maximum Gasteiger partial charge on any atom is 0.400 e. The van der Waals surface area contributed by atoms with Crippen molar-refractivity contribution in [1.29, 1.82) is 5.39 Å². The number of carbonyl (C=O) groups is 1. The predicted molar refractivity (Wildman–Crippen MR) is 64.6 cm³/mol. The minimum Gasteiger partial charge on any atom is -0.462 e. The van der Waals surface area contributed by atoms with Crippen LogP contribution in [-0.2, 0) is 4.74 Å². The summed E-state index contributed by atoms with van der Waals surface area (Å²) in [4.78, 5) is 14.8. The third-order valence-corrected chi connectivity index (χ3v) is 2.47. The van der Waals surface area contributed by atoms with Gasteiger partial charge in [-0.15, -0.1) is 0 Å². The average Bonchev–Trinajstić information content (AvgIpc) is 2.37. The minimum atomic E-state index is -0.481. The Balaban J connectivity index is 2.62. The van der Waals surface area contributed by atoms with Crippen LogP contribution in [0, 0.1) is 5.39 Å². The fourth-order valence-electron chi connectivity index (χ4n) is 1.68. The summed E-state index contributed by atoms with van der Waals surface area (Å²) in [6.45, 7) is 2.02. The summed E-state index contributed by atoms with van der Waals surface area (Å²) in [5.74, 6) is -0.481. The third kappa shape index (κ3) is 2.08. The Labute approximate surface area is 98.4 Å². The molecule has 0 saturated carbocycles. The summed E-state index contributed by atoms with van der Waals surface area (Å²) >= 11 is 0. The second-order valence-corrected chi connectivity index (χ2v) is 3.54. The zero-order valence-electron chi connectivity index (χ0n) is 9.38. The molecule has 0 unspecified atom stereocenters. The third-order valence-electron chi connectivity index (χ3n) is 2.47. The molecule has 4 nitrogen and oxygen atoms in total. The second-order valence-electron chi connectivity index (χ2n) is 3.54. The summed E-state index contributed by atoms with van der Waals surface area (Å²) in [5.41, 5.74) is 0.496. The lowest BCUT2D eigenvalue weighted by atomic mass is 10.1. The lowest BCUT2D eigenvalue weighted by Crippen LogP contribution is -2.04. The SMILES string of the molecule is CCOC(=O)c1cc2ccccc2cc1[N+]#N. The van der Waals surface area contributed by atoms with Crippen molar-refractivity contribution in [1.82, 2.24) is 0 Å². The summed E-state index contributed by atoms with van der Waals surface area (Å²) in [6, 6.07) is 10.9. The van der Waals surface area contributed by atoms with E-state index in [1.165, 1.54) is 0 Å². The second kappa shape index (κ2) is 4.62. The first-order valence-electron chi connectivity index (χ1n) is 5.31. The van der Waals surface area contributed by atoms with Crippen molar-refractivity contribution in [2.24, 2.45) is 0 Å². The molecule has 0 amide bonds. The minimum absolute atomic E-state index is 0.224. The molecule has 0 fully saturated rings. The molecule has 17 heavy (non-hydrogen) atoms. The number of esters is 1. The topological polar surface area (TPSA) is 54.5 Å². The fraction of sp³-hybridized carbons (Fsp3) is 0.154. The molecule has 0 atom stereocenters. The van der Waals surface area contributed by atoms with Crippen LogP contribution in [0.25, 0.3) is 15.7 Å². The van der Waals surface area contributed by atoms with Gasteiger partial charge < -0.3 is 4.74 Å². The van der Waals surface area contributed by atoms with Crippen molar-refractivity contribution < 1.29 is 9.53 Å². The molecule has 0 heterocycles. The quantitative estimate of drug-likeness (QED) is 0.582. The fourth-order valence-corrected chi connectivity index (χ4v) is 1.68. The number of carbonyl (C=O) groups excluding carboxylic acids is 1. The van der Waals surface area contributed by atoms with Gasteiger partial charge in [0.15, 0.2) is 10.5 Å². The molecular weight excluding hydrogens is 216 g/mol. The number of hydrogen-bond acceptors (Lipinski definition) is 3. The van der Waals surface area contributed by atoms with Crippen LogP contribution in [0.3, 0.4) is 0 Å². The van der Waals surface area contributed by atoms with Crippen molar-refractivity contribution in [2.45, 2.75) is 6.92 Å². The molecule has 0 aliphatic carbocycles. The zero-order valence-corrected chi connectivity index (χ0v) is 9.38. The van der Waals surface area contributed by atoms with Crippen LogP contribution in [0.4, 0.5) is 5.69 Å². The number of nitrogens with zero attached hydrogens (tertiary/aromatic N) is 2. The number of diazo groups is 1. The Hall–Kier alpha value is -2.41. The number of fused-ring (bicyclic) bond motifs is 1. The predicted octanol–water partition coefficient (Wildman–Crippen LogP) is 3.50. The lowest BCUT2D eigenvalue weighted by molar-refractivity contribution is 0.0528. The van der Waals surface area contributed by atoms with Crippen molar-refractivity contribution in [3.05, 3.63) is 46.9 Å². The Morgan fingerprint density at radius 1 is 1.29 bits per heavy atom. The van der Waals surface area contributed by atoms with Crippen molar-refractivity contribution in [3.63, 3.8) is 0 Å². The van der Waals surface area contributed by atoms with Gasteiger partial charge in [0, 0.05) is 6.07 Å². The highest BCUT2D eigenvalue weighted by atomic mass is 16.5. The first-order chi connectivity index (χ1) is 8.26. The molecule has 2 rings (SSSR count). The van der Waals surface area contributed by atoms with Crippen LogP contribution in [0.5, 0.6) is 0 Å². The van der Waals surface area contributed by atoms with E-state index in [9.17, 15) is 4.79 Å². The number of benzene rings is 2. The van der Waals surface area contributed by atoms with E-state index in [1.807, 2.05) is 24.3 Å². The molecule has 84 valence electrons. The van der Waals surface area contributed by atoms with Gasteiger partial charge >= 0.3 is 11.7 Å². The molecule has 0 aliphatic heterocycles. The Kier molecular flexibility index (Phi) is 3.01. The smallest absolute Gasteiger partial charge is 0.400 e. The van der Waals surface area contributed by atoms with Crippen LogP contribution in [-0.4, -0.2) is 12.6 Å². The van der Waals surface area contributed by atoms with E-state index >= 15 is 0 Å². The zero-order chi connectivity index (χ0) is 12.3. The van der Waals surface area contributed by atoms with Crippen molar-refractivity contribution in [2.75, 3.05) is 6.61 Å². The Morgan fingerprint density at radius 2 is 1.94 bits per heavy atom. The van der Waals surface area contributed by atoms with Gasteiger partial charge in [-0.2, -0.15) is 0 Å². The highest BCUT2D eigenvalue weighted by molar-refractivity contribution is 6.01. The molecule has 2 aromatic carbocycles. The van der Waals surface area contributed by atoms with E-state index < -0.39 is 5.97 Å². The van der Waals surface area contributed by atoms with Crippen molar-refractivity contribution >= 4 is 22.4 Å². The summed E-state index contributed by atoms with van der Waals surface area (Å²) < 4.78 is 4.91. The molecule has 0 spiro atoms. The first kappa shape index (κ1) is 11.1. The molecular formula is C13H11N2O2+. The number of hydrogen-bond donors (Lipinski definition) is 0. The highest BCUT2D eigenvalue weighted by Crippen LogP contribution is 2.27. The lowest BCUT2D eigenvalue weighted by Gasteiger charge is -2.01. The summed E-state index contributed by atoms with van der Waals surface area (Å²) in [7, 11) is 0. The monoisotopic (exact) mass is 227 g/mol. The molecule has 0 bridgehead atoms. The van der Waals surface area contributed by atoms with Crippen LogP contribution in [0.2, 0.25) is 0 Å². The van der Waals surface area contributed by atoms with E-state index in [0.29, 0.717) is 0 Å². The number of rotatable bonds is 2.